The van der Waals surface area contributed by atoms with E-state index >= 15 is 0 Å². The monoisotopic (exact) mass is 454 g/mol. The Hall–Kier alpha value is -2.58. The van der Waals surface area contributed by atoms with Gasteiger partial charge in [0.15, 0.2) is 0 Å². The van der Waals surface area contributed by atoms with Crippen LogP contribution >= 0.6 is 11.3 Å². The maximum Gasteiger partial charge on any atom is 0.264 e. The summed E-state index contributed by atoms with van der Waals surface area (Å²) in [5.41, 5.74) is 1.76. The first-order valence-electron chi connectivity index (χ1n) is 11.3. The molecule has 32 heavy (non-hydrogen) atoms. The molecule has 0 bridgehead atoms. The number of aryl methyl sites for hydroxylation is 2. The van der Waals surface area contributed by atoms with Gasteiger partial charge in [-0.25, -0.2) is 4.98 Å². The number of rotatable bonds is 7. The molecule has 0 radical (unpaired) electrons. The van der Waals surface area contributed by atoms with Gasteiger partial charge in [-0.1, -0.05) is 6.42 Å². The molecule has 4 heterocycles. The molecule has 0 N–H and O–H groups in total. The van der Waals surface area contributed by atoms with E-state index in [-0.39, 0.29) is 17.5 Å². The molecule has 1 aliphatic rings. The van der Waals surface area contributed by atoms with Gasteiger partial charge in [0, 0.05) is 45.6 Å². The van der Waals surface area contributed by atoms with Crippen LogP contribution in [0.25, 0.3) is 10.2 Å². The zero-order valence-corrected chi connectivity index (χ0v) is 19.8. The fourth-order valence-corrected chi connectivity index (χ4v) is 5.56. The second-order valence-corrected chi connectivity index (χ2v) is 9.33. The third kappa shape index (κ3) is 4.34. The zero-order chi connectivity index (χ0) is 22.7. The number of amides is 1. The van der Waals surface area contributed by atoms with Gasteiger partial charge in [0.05, 0.1) is 16.3 Å². The molecule has 0 unspecified atom stereocenters. The van der Waals surface area contributed by atoms with Gasteiger partial charge in [-0.2, -0.15) is 0 Å². The van der Waals surface area contributed by atoms with Gasteiger partial charge in [-0.3, -0.25) is 19.1 Å². The van der Waals surface area contributed by atoms with E-state index in [9.17, 15) is 9.59 Å². The maximum absolute atomic E-state index is 13.8. The average molecular weight is 455 g/mol. The molecule has 8 heteroatoms. The molecule has 0 saturated heterocycles. The van der Waals surface area contributed by atoms with Gasteiger partial charge in [0.1, 0.15) is 10.7 Å². The lowest BCUT2D eigenvalue weighted by Crippen LogP contribution is -2.35. The average Bonchev–Trinajstić information content (AvgIpc) is 2.97. The van der Waals surface area contributed by atoms with Crippen LogP contribution in [0.5, 0.6) is 0 Å². The zero-order valence-electron chi connectivity index (χ0n) is 19.0. The van der Waals surface area contributed by atoms with E-state index < -0.39 is 0 Å². The second kappa shape index (κ2) is 9.92. The fourth-order valence-electron chi connectivity index (χ4n) is 4.42. The van der Waals surface area contributed by atoms with Gasteiger partial charge in [0.2, 0.25) is 0 Å². The molecular weight excluding hydrogens is 424 g/mol. The Morgan fingerprint density at radius 1 is 1.28 bits per heavy atom. The number of pyridine rings is 1. The number of carbonyl (C=O) groups excluding carboxylic acids is 1. The molecule has 0 aromatic carbocycles. The largest absolute Gasteiger partial charge is 0.385 e. The summed E-state index contributed by atoms with van der Waals surface area (Å²) in [7, 11) is 1.66. The first-order valence-corrected chi connectivity index (χ1v) is 12.1. The molecule has 3 aromatic rings. The molecule has 170 valence electrons. The topological polar surface area (TPSA) is 77.3 Å². The Bertz CT molecular complexity index is 1160. The molecule has 0 fully saturated rings. The molecule has 1 atom stereocenters. The Morgan fingerprint density at radius 2 is 2.06 bits per heavy atom. The number of methoxy groups -OCH3 is 1. The lowest BCUT2D eigenvalue weighted by molar-refractivity contribution is 0.0672. The Balaban J connectivity index is 1.74. The van der Waals surface area contributed by atoms with E-state index in [1.807, 2.05) is 35.4 Å². The van der Waals surface area contributed by atoms with Crippen LogP contribution in [-0.2, 0) is 17.7 Å². The maximum atomic E-state index is 13.8. The number of aromatic nitrogens is 3. The van der Waals surface area contributed by atoms with Crippen LogP contribution in [0.15, 0.2) is 29.3 Å². The molecule has 0 aliphatic carbocycles. The van der Waals surface area contributed by atoms with Crippen molar-refractivity contribution in [3.8, 4) is 0 Å². The fraction of sp³-hybridized carbons (Fsp3) is 0.500. The van der Waals surface area contributed by atoms with Crippen LogP contribution in [-0.4, -0.2) is 45.6 Å². The highest BCUT2D eigenvalue weighted by Crippen LogP contribution is 2.32. The smallest absolute Gasteiger partial charge is 0.264 e. The van der Waals surface area contributed by atoms with E-state index in [0.29, 0.717) is 34.8 Å². The van der Waals surface area contributed by atoms with Crippen molar-refractivity contribution in [1.29, 1.82) is 0 Å². The molecule has 3 aromatic heterocycles. The number of thiophene rings is 1. The number of fused-ring (bicyclic) bond motifs is 2. The summed E-state index contributed by atoms with van der Waals surface area (Å²) >= 11 is 1.35. The van der Waals surface area contributed by atoms with Crippen molar-refractivity contribution < 1.29 is 9.53 Å². The third-order valence-corrected chi connectivity index (χ3v) is 7.44. The van der Waals surface area contributed by atoms with Crippen molar-refractivity contribution in [2.45, 2.75) is 58.5 Å². The number of ether oxygens (including phenoxy) is 1. The molecule has 1 amide bonds. The van der Waals surface area contributed by atoms with Crippen LogP contribution in [0.4, 0.5) is 0 Å². The minimum atomic E-state index is -0.127. The van der Waals surface area contributed by atoms with E-state index in [1.165, 1.54) is 11.3 Å². The summed E-state index contributed by atoms with van der Waals surface area (Å²) in [6, 6.07) is 3.74. The molecule has 1 aliphatic heterocycles. The van der Waals surface area contributed by atoms with Crippen molar-refractivity contribution in [2.24, 2.45) is 0 Å². The Kier molecular flexibility index (Phi) is 7.01. The third-order valence-electron chi connectivity index (χ3n) is 6.27. The number of nitrogens with zero attached hydrogens (tertiary/aromatic N) is 4. The molecular formula is C24H30N4O3S. The quantitative estimate of drug-likeness (QED) is 0.502. The van der Waals surface area contributed by atoms with Crippen LogP contribution < -0.4 is 5.56 Å². The highest BCUT2D eigenvalue weighted by molar-refractivity contribution is 7.20. The van der Waals surface area contributed by atoms with Crippen molar-refractivity contribution in [3.63, 3.8) is 0 Å². The van der Waals surface area contributed by atoms with Crippen LogP contribution in [0.3, 0.4) is 0 Å². The van der Waals surface area contributed by atoms with Gasteiger partial charge in [-0.15, -0.1) is 11.3 Å². The summed E-state index contributed by atoms with van der Waals surface area (Å²) in [5.74, 6) is 0.785. The Morgan fingerprint density at radius 3 is 2.81 bits per heavy atom. The van der Waals surface area contributed by atoms with Gasteiger partial charge < -0.3 is 9.64 Å². The summed E-state index contributed by atoms with van der Waals surface area (Å²) in [5, 5.41) is 0.595. The van der Waals surface area contributed by atoms with E-state index in [0.717, 1.165) is 49.1 Å². The standard InChI is InChI=1S/C24H30N4O3S/c1-16-20-22(26-19-8-5-4-6-13-28(19)23(20)29)32-21(16)24(30)27(14-7-15-31-3)17(2)18-9-11-25-12-10-18/h9-12,17H,4-8,13-15H2,1-3H3/t17-/m1/s1. The highest BCUT2D eigenvalue weighted by Gasteiger charge is 2.28. The summed E-state index contributed by atoms with van der Waals surface area (Å²) in [6.07, 6.45) is 8.18. The summed E-state index contributed by atoms with van der Waals surface area (Å²) in [6.45, 7) is 5.75. The Labute approximate surface area is 192 Å². The van der Waals surface area contributed by atoms with Crippen molar-refractivity contribution in [3.05, 3.63) is 56.7 Å². The van der Waals surface area contributed by atoms with Gasteiger partial charge in [0.25, 0.3) is 11.5 Å². The SMILES string of the molecule is COCCCN(C(=O)c1sc2nc3n(c(=O)c2c1C)CCCCC3)[C@H](C)c1ccncc1. The van der Waals surface area contributed by atoms with E-state index in [2.05, 4.69) is 4.98 Å². The van der Waals surface area contributed by atoms with Gasteiger partial charge >= 0.3 is 0 Å². The first kappa shape index (κ1) is 22.6. The van der Waals surface area contributed by atoms with Gasteiger partial charge in [-0.05, 0) is 56.4 Å². The van der Waals surface area contributed by atoms with Crippen LogP contribution in [0.2, 0.25) is 0 Å². The van der Waals surface area contributed by atoms with Crippen molar-refractivity contribution >= 4 is 27.5 Å². The lowest BCUT2D eigenvalue weighted by atomic mass is 10.1. The minimum absolute atomic E-state index is 0.00665. The van der Waals surface area contributed by atoms with Crippen LogP contribution in [0, 0.1) is 6.92 Å². The predicted molar refractivity (Wildman–Crippen MR) is 126 cm³/mol. The van der Waals surface area contributed by atoms with Crippen LogP contribution in [0.1, 0.15) is 65.3 Å². The van der Waals surface area contributed by atoms with Crippen molar-refractivity contribution in [2.75, 3.05) is 20.3 Å². The highest BCUT2D eigenvalue weighted by atomic mass is 32.1. The number of carbonyl (C=O) groups is 1. The summed E-state index contributed by atoms with van der Waals surface area (Å²) < 4.78 is 7.04. The first-order chi connectivity index (χ1) is 15.5. The number of hydrogen-bond acceptors (Lipinski definition) is 6. The molecule has 4 rings (SSSR count). The molecule has 0 spiro atoms. The van der Waals surface area contributed by atoms with E-state index in [4.69, 9.17) is 9.72 Å². The van der Waals surface area contributed by atoms with E-state index in [1.54, 1.807) is 19.5 Å². The molecule has 7 nitrogen and oxygen atoms in total. The minimum Gasteiger partial charge on any atom is -0.385 e. The lowest BCUT2D eigenvalue weighted by Gasteiger charge is -2.29. The number of hydrogen-bond donors (Lipinski definition) is 0. The predicted octanol–water partition coefficient (Wildman–Crippen LogP) is 4.13. The molecule has 0 saturated carbocycles. The van der Waals surface area contributed by atoms with Crippen molar-refractivity contribution in [1.82, 2.24) is 19.4 Å². The summed E-state index contributed by atoms with van der Waals surface area (Å²) in [4.78, 5) is 39.1. The second-order valence-electron chi connectivity index (χ2n) is 8.33. The normalized spacial score (nSPS) is 14.7.